The predicted molar refractivity (Wildman–Crippen MR) is 273 cm³/mol. The molecule has 1 unspecified atom stereocenters. The molecule has 0 N–H and O–H groups in total. The summed E-state index contributed by atoms with van der Waals surface area (Å²) >= 11 is 0. The van der Waals surface area contributed by atoms with Gasteiger partial charge in [0.25, 0.3) is 0 Å². The van der Waals surface area contributed by atoms with Gasteiger partial charge >= 0.3 is 0 Å². The molecule has 0 radical (unpaired) electrons. The van der Waals surface area contributed by atoms with Crippen molar-refractivity contribution >= 4 is 34.2 Å². The van der Waals surface area contributed by atoms with Gasteiger partial charge in [-0.15, -0.1) is 0 Å². The Bertz CT molecular complexity index is 2800. The molecule has 7 rings (SSSR count). The number of furan rings is 1. The Balaban J connectivity index is 1.16. The van der Waals surface area contributed by atoms with Crippen molar-refractivity contribution in [2.75, 3.05) is 9.80 Å². The van der Waals surface area contributed by atoms with Gasteiger partial charge in [0, 0.05) is 57.5 Å². The van der Waals surface area contributed by atoms with Gasteiger partial charge < -0.3 is 14.2 Å². The quantitative estimate of drug-likeness (QED) is 0.119. The third kappa shape index (κ3) is 9.96. The molecule has 3 aromatic rings. The van der Waals surface area contributed by atoms with Gasteiger partial charge in [-0.25, -0.2) is 0 Å². The van der Waals surface area contributed by atoms with E-state index in [1.165, 1.54) is 16.8 Å². The van der Waals surface area contributed by atoms with Gasteiger partial charge in [0.05, 0.1) is 0 Å². The van der Waals surface area contributed by atoms with Crippen LogP contribution in [-0.4, -0.2) is 0 Å². The number of hydrogen-bond acceptors (Lipinski definition) is 3. The van der Waals surface area contributed by atoms with Crippen molar-refractivity contribution in [1.82, 2.24) is 0 Å². The zero-order valence-electron chi connectivity index (χ0n) is 36.3. The van der Waals surface area contributed by atoms with Crippen LogP contribution >= 0.6 is 0 Å². The van der Waals surface area contributed by atoms with E-state index in [2.05, 4.69) is 171 Å². The zero-order valence-corrected chi connectivity index (χ0v) is 36.3. The number of hydrogen-bond donors (Lipinski definition) is 0. The standard InChI is InChI=1S/C60H56N2O/c1-8-13-23-52-43-62(58-30-18-17-28-56(52)58)54-39-35-50(36-40-54)57(22-10-3)59-42-51-26-19-29-55(60(51)63-59)44(6)31-32-45(7)61(41-20-27-47(12-5)48-24-15-14-16-25-48)53-37-33-49(34-38-53)46(11-4)21-9-2/h8-13,15,17-18,20-27,30-43,56H,1-7,14,16,19,28-29H2/b23-13-,32-31-,41-20+,46-21+,47-27+,57-22-. The van der Waals surface area contributed by atoms with E-state index in [0.717, 1.165) is 105 Å². The second-order valence-electron chi connectivity index (χ2n) is 15.5. The molecule has 1 aromatic heterocycles. The fourth-order valence-electron chi connectivity index (χ4n) is 8.30. The minimum atomic E-state index is 0.339. The van der Waals surface area contributed by atoms with Gasteiger partial charge in [0.1, 0.15) is 11.2 Å². The lowest BCUT2D eigenvalue weighted by molar-refractivity contribution is 0.513. The number of fused-ring (bicyclic) bond motifs is 2. The molecule has 0 saturated carbocycles. The molecule has 3 nitrogen and oxygen atoms in total. The van der Waals surface area contributed by atoms with Gasteiger partial charge in [-0.05, 0) is 120 Å². The van der Waals surface area contributed by atoms with Crippen LogP contribution < -0.4 is 20.4 Å². The number of allylic oxidation sites excluding steroid dienone is 24. The summed E-state index contributed by atoms with van der Waals surface area (Å²) in [5.41, 5.74) is 14.5. The molecule has 0 saturated heterocycles. The van der Waals surface area contributed by atoms with Crippen molar-refractivity contribution in [3.8, 4) is 0 Å². The fourth-order valence-corrected chi connectivity index (χ4v) is 8.30. The predicted octanol–water partition coefficient (Wildman–Crippen LogP) is 14.3. The molecule has 1 aliphatic heterocycles. The molecule has 0 spiro atoms. The SMILES string of the molecule is C=C/C=C\C1=CN(c2ccc(/C(=C/C=C)c3cc4c(o3)=C(C(=C)/C=C\C(=C)N(/C=C/C=C(\C=C)C3=CCCC=C3)c3ccc(/C(C=C)=C/C=C)cc3)CCC=4)cc2)C2=CC=CCC12. The summed E-state index contributed by atoms with van der Waals surface area (Å²) in [6.45, 7) is 28.9. The first-order valence-corrected chi connectivity index (χ1v) is 21.6. The van der Waals surface area contributed by atoms with Crippen molar-refractivity contribution < 1.29 is 4.42 Å². The van der Waals surface area contributed by atoms with E-state index in [0.29, 0.717) is 5.92 Å². The van der Waals surface area contributed by atoms with Crippen LogP contribution in [0.4, 0.5) is 11.4 Å². The first-order chi connectivity index (χ1) is 30.9. The minimum absolute atomic E-state index is 0.339. The van der Waals surface area contributed by atoms with Gasteiger partial charge in [0.2, 0.25) is 0 Å². The molecule has 0 bridgehead atoms. The molecule has 0 fully saturated rings. The molecule has 3 heteroatoms. The Morgan fingerprint density at radius 1 is 0.762 bits per heavy atom. The summed E-state index contributed by atoms with van der Waals surface area (Å²) in [5.74, 6) is 1.13. The molecule has 4 aliphatic rings. The molecule has 0 amide bonds. The van der Waals surface area contributed by atoms with Gasteiger partial charge in [0.15, 0.2) is 0 Å². The van der Waals surface area contributed by atoms with Gasteiger partial charge in [-0.1, -0.05) is 174 Å². The summed E-state index contributed by atoms with van der Waals surface area (Å²) in [6.07, 6.45) is 50.1. The van der Waals surface area contributed by atoms with E-state index in [4.69, 9.17) is 4.42 Å². The number of rotatable bonds is 18. The Labute approximate surface area is 374 Å². The molecule has 2 heterocycles. The monoisotopic (exact) mass is 820 g/mol. The zero-order chi connectivity index (χ0) is 44.1. The van der Waals surface area contributed by atoms with Gasteiger partial charge in [-0.3, -0.25) is 0 Å². The largest absolute Gasteiger partial charge is 0.456 e. The minimum Gasteiger partial charge on any atom is -0.456 e. The van der Waals surface area contributed by atoms with Crippen LogP contribution in [0.5, 0.6) is 0 Å². The maximum absolute atomic E-state index is 6.76. The van der Waals surface area contributed by atoms with Crippen LogP contribution in [0.2, 0.25) is 0 Å². The second-order valence-corrected chi connectivity index (χ2v) is 15.5. The highest BCUT2D eigenvalue weighted by atomic mass is 16.3. The van der Waals surface area contributed by atoms with Crippen LogP contribution in [0, 0.1) is 5.92 Å². The summed E-state index contributed by atoms with van der Waals surface area (Å²) in [7, 11) is 0. The Hall–Kier alpha value is -7.62. The molecule has 63 heavy (non-hydrogen) atoms. The maximum atomic E-state index is 6.76. The van der Waals surface area contributed by atoms with Crippen LogP contribution in [0.3, 0.4) is 0 Å². The van der Waals surface area contributed by atoms with E-state index in [-0.39, 0.29) is 0 Å². The first-order valence-electron chi connectivity index (χ1n) is 21.6. The summed E-state index contributed by atoms with van der Waals surface area (Å²) in [5, 5.41) is 1.07. The van der Waals surface area contributed by atoms with E-state index < -0.39 is 0 Å². The Morgan fingerprint density at radius 2 is 1.54 bits per heavy atom. The number of benzene rings is 2. The summed E-state index contributed by atoms with van der Waals surface area (Å²) in [6, 6.07) is 19.2. The Morgan fingerprint density at radius 3 is 2.25 bits per heavy atom. The van der Waals surface area contributed by atoms with Crippen LogP contribution in [0.25, 0.3) is 22.8 Å². The van der Waals surface area contributed by atoms with Crippen LogP contribution in [-0.2, 0) is 0 Å². The highest BCUT2D eigenvalue weighted by Crippen LogP contribution is 2.41. The van der Waals surface area contributed by atoms with E-state index in [1.54, 1.807) is 6.08 Å². The number of anilines is 2. The van der Waals surface area contributed by atoms with Crippen molar-refractivity contribution in [3.63, 3.8) is 0 Å². The summed E-state index contributed by atoms with van der Waals surface area (Å²) < 4.78 is 6.76. The topological polar surface area (TPSA) is 19.6 Å². The molecule has 312 valence electrons. The van der Waals surface area contributed by atoms with E-state index in [9.17, 15) is 0 Å². The second kappa shape index (κ2) is 20.8. The van der Waals surface area contributed by atoms with Crippen molar-refractivity contribution in [2.45, 2.75) is 32.1 Å². The van der Waals surface area contributed by atoms with Crippen molar-refractivity contribution in [2.24, 2.45) is 5.92 Å². The summed E-state index contributed by atoms with van der Waals surface area (Å²) in [4.78, 5) is 4.37. The van der Waals surface area contributed by atoms with Crippen LogP contribution in [0.15, 0.2) is 267 Å². The van der Waals surface area contributed by atoms with E-state index in [1.807, 2.05) is 67.0 Å². The average Bonchev–Trinajstić information content (AvgIpc) is 3.93. The molecule has 3 aliphatic carbocycles. The third-order valence-corrected chi connectivity index (χ3v) is 11.5. The molecule has 1 atom stereocenters. The van der Waals surface area contributed by atoms with E-state index >= 15 is 0 Å². The molecular formula is C60H56N2O. The van der Waals surface area contributed by atoms with Gasteiger partial charge in [-0.2, -0.15) is 0 Å². The maximum Gasteiger partial charge on any atom is 0.138 e. The molecule has 2 aromatic carbocycles. The first kappa shape index (κ1) is 43.5. The lowest BCUT2D eigenvalue weighted by atomic mass is 9.91. The van der Waals surface area contributed by atoms with Crippen LogP contribution in [0.1, 0.15) is 49.0 Å². The van der Waals surface area contributed by atoms with Crippen molar-refractivity contribution in [3.05, 3.63) is 290 Å². The smallest absolute Gasteiger partial charge is 0.138 e. The third-order valence-electron chi connectivity index (χ3n) is 11.5. The lowest BCUT2D eigenvalue weighted by Gasteiger charge is -2.24. The number of nitrogens with zero attached hydrogens (tertiary/aromatic N) is 2. The molecular weight excluding hydrogens is 765 g/mol. The van der Waals surface area contributed by atoms with Crippen molar-refractivity contribution in [1.29, 1.82) is 0 Å². The normalized spacial score (nSPS) is 17.5. The fraction of sp³-hybridized carbons (Fsp3) is 0.100. The highest BCUT2D eigenvalue weighted by molar-refractivity contribution is 5.81. The highest BCUT2D eigenvalue weighted by Gasteiger charge is 2.30. The average molecular weight is 821 g/mol. The lowest BCUT2D eigenvalue weighted by Crippen LogP contribution is -2.25. The Kier molecular flexibility index (Phi) is 14.3.